The molecule has 0 saturated heterocycles. The molecule has 0 amide bonds. The minimum Gasteiger partial charge on any atom is -0.459 e. The third-order valence-corrected chi connectivity index (χ3v) is 3.59. The summed E-state index contributed by atoms with van der Waals surface area (Å²) in [7, 11) is 1.89. The van der Waals surface area contributed by atoms with Crippen molar-refractivity contribution in [3.05, 3.63) is 53.0 Å². The van der Waals surface area contributed by atoms with Gasteiger partial charge in [-0.1, -0.05) is 12.1 Å². The van der Waals surface area contributed by atoms with Gasteiger partial charge in [-0.15, -0.1) is 0 Å². The van der Waals surface area contributed by atoms with Crippen LogP contribution in [-0.2, 0) is 7.05 Å². The predicted octanol–water partition coefficient (Wildman–Crippen LogP) is 2.83. The summed E-state index contributed by atoms with van der Waals surface area (Å²) in [6.07, 6.45) is 1.75. The van der Waals surface area contributed by atoms with Gasteiger partial charge in [0.2, 0.25) is 0 Å². The molecule has 3 rings (SSSR count). The van der Waals surface area contributed by atoms with Crippen molar-refractivity contribution in [3.63, 3.8) is 0 Å². The second-order valence-electron chi connectivity index (χ2n) is 4.95. The van der Waals surface area contributed by atoms with Crippen molar-refractivity contribution in [3.8, 4) is 0 Å². The van der Waals surface area contributed by atoms with Crippen LogP contribution in [0.15, 0.2) is 34.9 Å². The minimum absolute atomic E-state index is 0.291. The number of fused-ring (bicyclic) bond motifs is 1. The molecule has 0 bridgehead atoms. The summed E-state index contributed by atoms with van der Waals surface area (Å²) in [6, 6.07) is 7.84. The normalized spacial score (nSPS) is 13.1. The molecule has 0 aliphatic carbocycles. The highest BCUT2D eigenvalue weighted by Crippen LogP contribution is 2.31. The van der Waals surface area contributed by atoms with Crippen molar-refractivity contribution in [1.29, 1.82) is 0 Å². The highest BCUT2D eigenvalue weighted by atomic mass is 16.3. The van der Waals surface area contributed by atoms with Crippen molar-refractivity contribution < 1.29 is 4.42 Å². The Kier molecular flexibility index (Phi) is 2.68. The summed E-state index contributed by atoms with van der Waals surface area (Å²) < 4.78 is 7.73. The first-order valence-corrected chi connectivity index (χ1v) is 6.31. The molecule has 0 radical (unpaired) electrons. The Labute approximate surface area is 111 Å². The number of hydrogen-bond acceptors (Lipinski definition) is 3. The molecule has 4 nitrogen and oxygen atoms in total. The Hall–Kier alpha value is -2.07. The topological polar surface area (TPSA) is 57.0 Å². The Morgan fingerprint density at radius 1 is 1.26 bits per heavy atom. The fourth-order valence-electron chi connectivity index (χ4n) is 2.47. The molecule has 1 aromatic carbocycles. The van der Waals surface area contributed by atoms with Crippen LogP contribution in [0.3, 0.4) is 0 Å². The lowest BCUT2D eigenvalue weighted by molar-refractivity contribution is 0.505. The van der Waals surface area contributed by atoms with E-state index in [1.807, 2.05) is 26.1 Å². The van der Waals surface area contributed by atoms with Crippen LogP contribution in [0.25, 0.3) is 11.0 Å². The molecule has 1 atom stereocenters. The van der Waals surface area contributed by atoms with Gasteiger partial charge in [-0.05, 0) is 31.5 Å². The zero-order valence-electron chi connectivity index (χ0n) is 11.3. The number of nitrogens with zero attached hydrogens (tertiary/aromatic N) is 2. The Bertz CT molecular complexity index is 739. The first-order valence-electron chi connectivity index (χ1n) is 6.31. The second-order valence-corrected chi connectivity index (χ2v) is 4.95. The number of hydrogen-bond donors (Lipinski definition) is 1. The summed E-state index contributed by atoms with van der Waals surface area (Å²) in [5.41, 5.74) is 10.4. The molecule has 0 fully saturated rings. The lowest BCUT2D eigenvalue weighted by Crippen LogP contribution is -2.16. The van der Waals surface area contributed by atoms with Crippen LogP contribution in [0.2, 0.25) is 0 Å². The van der Waals surface area contributed by atoms with Gasteiger partial charge >= 0.3 is 0 Å². The van der Waals surface area contributed by atoms with Gasteiger partial charge in [-0.3, -0.25) is 4.68 Å². The van der Waals surface area contributed by atoms with Gasteiger partial charge in [0.15, 0.2) is 0 Å². The van der Waals surface area contributed by atoms with E-state index < -0.39 is 0 Å². The number of nitrogens with two attached hydrogens (primary N) is 1. The maximum atomic E-state index is 6.31. The summed E-state index contributed by atoms with van der Waals surface area (Å²) in [6.45, 7) is 4.10. The maximum absolute atomic E-state index is 6.31. The van der Waals surface area contributed by atoms with Crippen LogP contribution in [0, 0.1) is 13.8 Å². The van der Waals surface area contributed by atoms with E-state index in [9.17, 15) is 0 Å². The summed E-state index contributed by atoms with van der Waals surface area (Å²) in [4.78, 5) is 0. The third-order valence-electron chi connectivity index (χ3n) is 3.59. The van der Waals surface area contributed by atoms with Gasteiger partial charge in [-0.2, -0.15) is 5.10 Å². The van der Waals surface area contributed by atoms with E-state index in [2.05, 4.69) is 24.2 Å². The minimum atomic E-state index is -0.291. The quantitative estimate of drug-likeness (QED) is 0.766. The number of rotatable bonds is 2. The lowest BCUT2D eigenvalue weighted by Gasteiger charge is -2.10. The molecule has 2 aromatic heterocycles. The zero-order valence-corrected chi connectivity index (χ0v) is 11.3. The maximum Gasteiger partial charge on any atom is 0.134 e. The van der Waals surface area contributed by atoms with Crippen LogP contribution in [-0.4, -0.2) is 9.78 Å². The number of aryl methyl sites for hydroxylation is 3. The van der Waals surface area contributed by atoms with Gasteiger partial charge in [-0.25, -0.2) is 0 Å². The number of aromatic nitrogens is 2. The Morgan fingerprint density at radius 3 is 2.74 bits per heavy atom. The highest BCUT2D eigenvalue weighted by molar-refractivity contribution is 5.82. The van der Waals surface area contributed by atoms with E-state index in [1.165, 1.54) is 5.56 Å². The standard InChI is InChI=1S/C15H17N3O/c1-9-4-5-11-10(2)15(19-13(11)8-9)14(16)12-6-7-17-18(12)3/h4-8,14H,16H2,1-3H3. The number of benzene rings is 1. The fourth-order valence-corrected chi connectivity index (χ4v) is 2.47. The van der Waals surface area contributed by atoms with E-state index >= 15 is 0 Å². The number of furan rings is 1. The molecule has 3 aromatic rings. The molecule has 0 aliphatic heterocycles. The van der Waals surface area contributed by atoms with E-state index in [4.69, 9.17) is 10.2 Å². The van der Waals surface area contributed by atoms with Crippen LogP contribution >= 0.6 is 0 Å². The van der Waals surface area contributed by atoms with Crippen LogP contribution in [0.4, 0.5) is 0 Å². The van der Waals surface area contributed by atoms with Gasteiger partial charge in [0.05, 0.1) is 5.69 Å². The molecular weight excluding hydrogens is 238 g/mol. The average Bonchev–Trinajstić information content (AvgIpc) is 2.93. The van der Waals surface area contributed by atoms with Crippen LogP contribution in [0.5, 0.6) is 0 Å². The lowest BCUT2D eigenvalue weighted by atomic mass is 10.1. The molecule has 1 unspecified atom stereocenters. The Balaban J connectivity index is 2.15. The molecule has 2 heterocycles. The molecule has 0 saturated carbocycles. The molecule has 4 heteroatoms. The average molecular weight is 255 g/mol. The van der Waals surface area contributed by atoms with Crippen molar-refractivity contribution in [1.82, 2.24) is 9.78 Å². The molecule has 0 aliphatic rings. The second kappa shape index (κ2) is 4.24. The van der Waals surface area contributed by atoms with Crippen molar-refractivity contribution >= 4 is 11.0 Å². The van der Waals surface area contributed by atoms with Crippen molar-refractivity contribution in [2.24, 2.45) is 12.8 Å². The van der Waals surface area contributed by atoms with Gasteiger partial charge in [0, 0.05) is 24.2 Å². The van der Waals surface area contributed by atoms with Gasteiger partial charge in [0.25, 0.3) is 0 Å². The monoisotopic (exact) mass is 255 g/mol. The van der Waals surface area contributed by atoms with Crippen LogP contribution < -0.4 is 5.73 Å². The molecule has 2 N–H and O–H groups in total. The van der Waals surface area contributed by atoms with Crippen LogP contribution in [0.1, 0.15) is 28.6 Å². The van der Waals surface area contributed by atoms with Gasteiger partial charge < -0.3 is 10.2 Å². The summed E-state index contributed by atoms with van der Waals surface area (Å²) in [5, 5.41) is 5.28. The van der Waals surface area contributed by atoms with Gasteiger partial charge in [0.1, 0.15) is 17.4 Å². The largest absolute Gasteiger partial charge is 0.459 e. The molecule has 19 heavy (non-hydrogen) atoms. The van der Waals surface area contributed by atoms with Crippen molar-refractivity contribution in [2.45, 2.75) is 19.9 Å². The van der Waals surface area contributed by atoms with E-state index in [0.29, 0.717) is 0 Å². The molecule has 98 valence electrons. The SMILES string of the molecule is Cc1ccc2c(C)c(C(N)c3ccnn3C)oc2c1. The summed E-state index contributed by atoms with van der Waals surface area (Å²) >= 11 is 0. The molecule has 0 spiro atoms. The smallest absolute Gasteiger partial charge is 0.134 e. The first-order chi connectivity index (χ1) is 9.08. The Morgan fingerprint density at radius 2 is 2.05 bits per heavy atom. The third kappa shape index (κ3) is 1.85. The van der Waals surface area contributed by atoms with E-state index in [-0.39, 0.29) is 6.04 Å². The van der Waals surface area contributed by atoms with Crippen molar-refractivity contribution in [2.75, 3.05) is 0 Å². The van der Waals surface area contributed by atoms with E-state index in [0.717, 1.165) is 28.0 Å². The zero-order chi connectivity index (χ0) is 13.6. The highest BCUT2D eigenvalue weighted by Gasteiger charge is 2.20. The van der Waals surface area contributed by atoms with E-state index in [1.54, 1.807) is 10.9 Å². The predicted molar refractivity (Wildman–Crippen MR) is 74.9 cm³/mol. The first kappa shape index (κ1) is 12.0. The summed E-state index contributed by atoms with van der Waals surface area (Å²) in [5.74, 6) is 0.809. The fraction of sp³-hybridized carbons (Fsp3) is 0.267. The molecular formula is C15H17N3O.